The molecule has 4 heteroatoms. The second-order valence-corrected chi connectivity index (χ2v) is 5.47. The van der Waals surface area contributed by atoms with Crippen LogP contribution < -0.4 is 5.32 Å². The lowest BCUT2D eigenvalue weighted by molar-refractivity contribution is 0.327. The topological polar surface area (TPSA) is 52.0 Å². The van der Waals surface area contributed by atoms with Gasteiger partial charge in [0.25, 0.3) is 0 Å². The minimum atomic E-state index is 0.305. The SMILES string of the molecule is Cc1cc(C)c(C#N)c(NC(C)CN2CCCC2)n1. The van der Waals surface area contributed by atoms with E-state index >= 15 is 0 Å². The Labute approximate surface area is 115 Å². The molecule has 1 aromatic heterocycles. The van der Waals surface area contributed by atoms with Crippen LogP contribution in [0.15, 0.2) is 6.07 Å². The first-order valence-electron chi connectivity index (χ1n) is 6.97. The van der Waals surface area contributed by atoms with Gasteiger partial charge >= 0.3 is 0 Å². The molecular formula is C15H22N4. The number of nitriles is 1. The van der Waals surface area contributed by atoms with Gasteiger partial charge in [0.1, 0.15) is 11.9 Å². The summed E-state index contributed by atoms with van der Waals surface area (Å²) in [5.41, 5.74) is 2.61. The zero-order valence-corrected chi connectivity index (χ0v) is 12.0. The van der Waals surface area contributed by atoms with Crippen molar-refractivity contribution in [2.75, 3.05) is 25.0 Å². The standard InChI is InChI=1S/C15H22N4/c1-11-8-12(2)17-15(14(11)9-16)18-13(3)10-19-6-4-5-7-19/h8,13H,4-7,10H2,1-3H3,(H,17,18). The third-order valence-electron chi connectivity index (χ3n) is 3.57. The largest absolute Gasteiger partial charge is 0.365 e. The lowest BCUT2D eigenvalue weighted by Gasteiger charge is -2.22. The molecular weight excluding hydrogens is 236 g/mol. The fourth-order valence-electron chi connectivity index (χ4n) is 2.71. The molecule has 0 aromatic carbocycles. The van der Waals surface area contributed by atoms with Gasteiger partial charge in [0.15, 0.2) is 0 Å². The van der Waals surface area contributed by atoms with Crippen LogP contribution in [-0.2, 0) is 0 Å². The molecule has 0 bridgehead atoms. The number of aromatic nitrogens is 1. The highest BCUT2D eigenvalue weighted by Crippen LogP contribution is 2.19. The average Bonchev–Trinajstić information content (AvgIpc) is 2.81. The molecule has 1 aromatic rings. The summed E-state index contributed by atoms with van der Waals surface area (Å²) in [6, 6.07) is 4.51. The van der Waals surface area contributed by atoms with Crippen LogP contribution >= 0.6 is 0 Å². The molecule has 0 saturated carbocycles. The van der Waals surface area contributed by atoms with Crippen molar-refractivity contribution in [2.24, 2.45) is 0 Å². The van der Waals surface area contributed by atoms with Crippen LogP contribution in [0.1, 0.15) is 36.6 Å². The van der Waals surface area contributed by atoms with Crippen molar-refractivity contribution in [3.63, 3.8) is 0 Å². The number of hydrogen-bond donors (Lipinski definition) is 1. The van der Waals surface area contributed by atoms with Crippen LogP contribution in [0.25, 0.3) is 0 Å². The molecule has 2 rings (SSSR count). The van der Waals surface area contributed by atoms with Crippen molar-refractivity contribution in [1.29, 1.82) is 5.26 Å². The molecule has 2 heterocycles. The summed E-state index contributed by atoms with van der Waals surface area (Å²) in [6.07, 6.45) is 2.61. The zero-order valence-electron chi connectivity index (χ0n) is 12.0. The first-order valence-corrected chi connectivity index (χ1v) is 6.97. The van der Waals surface area contributed by atoms with Crippen molar-refractivity contribution in [2.45, 2.75) is 39.7 Å². The molecule has 4 nitrogen and oxygen atoms in total. The second kappa shape index (κ2) is 6.03. The van der Waals surface area contributed by atoms with Gasteiger partial charge in [0, 0.05) is 18.3 Å². The van der Waals surface area contributed by atoms with Crippen molar-refractivity contribution in [1.82, 2.24) is 9.88 Å². The highest BCUT2D eigenvalue weighted by Gasteiger charge is 2.16. The fourth-order valence-corrected chi connectivity index (χ4v) is 2.71. The van der Waals surface area contributed by atoms with Crippen LogP contribution in [0, 0.1) is 25.2 Å². The smallest absolute Gasteiger partial charge is 0.144 e. The van der Waals surface area contributed by atoms with E-state index in [-0.39, 0.29) is 0 Å². The Kier molecular flexibility index (Phi) is 4.39. The summed E-state index contributed by atoms with van der Waals surface area (Å²) < 4.78 is 0. The van der Waals surface area contributed by atoms with Gasteiger partial charge in [0.05, 0.1) is 5.56 Å². The molecule has 19 heavy (non-hydrogen) atoms. The number of aryl methyl sites for hydroxylation is 2. The summed E-state index contributed by atoms with van der Waals surface area (Å²) in [7, 11) is 0. The molecule has 1 aliphatic heterocycles. The Morgan fingerprint density at radius 2 is 2.11 bits per heavy atom. The fraction of sp³-hybridized carbons (Fsp3) is 0.600. The lowest BCUT2D eigenvalue weighted by atomic mass is 10.1. The van der Waals surface area contributed by atoms with Crippen LogP contribution in [-0.4, -0.2) is 35.6 Å². The van der Waals surface area contributed by atoms with Crippen LogP contribution in [0.4, 0.5) is 5.82 Å². The van der Waals surface area contributed by atoms with E-state index < -0.39 is 0 Å². The van der Waals surface area contributed by atoms with E-state index in [1.165, 1.54) is 25.9 Å². The highest BCUT2D eigenvalue weighted by molar-refractivity contribution is 5.56. The van der Waals surface area contributed by atoms with E-state index in [2.05, 4.69) is 28.2 Å². The predicted molar refractivity (Wildman–Crippen MR) is 77.2 cm³/mol. The molecule has 0 amide bonds. The van der Waals surface area contributed by atoms with Crippen LogP contribution in [0.5, 0.6) is 0 Å². The zero-order chi connectivity index (χ0) is 13.8. The number of nitrogens with zero attached hydrogens (tertiary/aromatic N) is 3. The molecule has 1 fully saturated rings. The van der Waals surface area contributed by atoms with Gasteiger partial charge in [-0.15, -0.1) is 0 Å². The predicted octanol–water partition coefficient (Wildman–Crippen LogP) is 2.47. The molecule has 1 N–H and O–H groups in total. The third kappa shape index (κ3) is 3.45. The summed E-state index contributed by atoms with van der Waals surface area (Å²) in [5.74, 6) is 0.728. The van der Waals surface area contributed by atoms with E-state index in [0.717, 1.165) is 23.6 Å². The van der Waals surface area contributed by atoms with E-state index in [9.17, 15) is 5.26 Å². The average molecular weight is 258 g/mol. The van der Waals surface area contributed by atoms with Gasteiger partial charge < -0.3 is 10.2 Å². The minimum Gasteiger partial charge on any atom is -0.365 e. The lowest BCUT2D eigenvalue weighted by Crippen LogP contribution is -2.33. The monoisotopic (exact) mass is 258 g/mol. The molecule has 0 spiro atoms. The van der Waals surface area contributed by atoms with E-state index in [4.69, 9.17) is 0 Å². The molecule has 1 aliphatic rings. The molecule has 1 unspecified atom stereocenters. The second-order valence-electron chi connectivity index (χ2n) is 5.47. The van der Waals surface area contributed by atoms with Gasteiger partial charge in [-0.1, -0.05) is 0 Å². The number of pyridine rings is 1. The Morgan fingerprint density at radius 3 is 2.74 bits per heavy atom. The van der Waals surface area contributed by atoms with Gasteiger partial charge in [-0.2, -0.15) is 5.26 Å². The number of anilines is 1. The summed E-state index contributed by atoms with van der Waals surface area (Å²) >= 11 is 0. The van der Waals surface area contributed by atoms with Gasteiger partial charge in [0.2, 0.25) is 0 Å². The van der Waals surface area contributed by atoms with Crippen LogP contribution in [0.3, 0.4) is 0 Å². The maximum absolute atomic E-state index is 9.25. The van der Waals surface area contributed by atoms with E-state index in [1.54, 1.807) is 0 Å². The molecule has 1 atom stereocenters. The van der Waals surface area contributed by atoms with Crippen LogP contribution in [0.2, 0.25) is 0 Å². The number of nitrogens with one attached hydrogen (secondary N) is 1. The number of rotatable bonds is 4. The first kappa shape index (κ1) is 13.8. The summed E-state index contributed by atoms with van der Waals surface area (Å²) in [6.45, 7) is 9.47. The quantitative estimate of drug-likeness (QED) is 0.901. The summed E-state index contributed by atoms with van der Waals surface area (Å²) in [5, 5.41) is 12.6. The van der Waals surface area contributed by atoms with Crippen molar-refractivity contribution in [3.05, 3.63) is 22.9 Å². The molecule has 1 saturated heterocycles. The van der Waals surface area contributed by atoms with E-state index in [1.807, 2.05) is 19.9 Å². The number of hydrogen-bond acceptors (Lipinski definition) is 4. The molecule has 0 aliphatic carbocycles. The summed E-state index contributed by atoms with van der Waals surface area (Å²) in [4.78, 5) is 6.93. The minimum absolute atomic E-state index is 0.305. The first-order chi connectivity index (χ1) is 9.10. The molecule has 0 radical (unpaired) electrons. The Bertz CT molecular complexity index is 484. The normalized spacial score (nSPS) is 17.2. The highest BCUT2D eigenvalue weighted by atomic mass is 15.2. The molecule has 102 valence electrons. The van der Waals surface area contributed by atoms with Gasteiger partial charge in [-0.3, -0.25) is 0 Å². The van der Waals surface area contributed by atoms with E-state index in [0.29, 0.717) is 11.6 Å². The van der Waals surface area contributed by atoms with Gasteiger partial charge in [-0.05, 0) is 58.3 Å². The Hall–Kier alpha value is -1.60. The maximum Gasteiger partial charge on any atom is 0.144 e. The third-order valence-corrected chi connectivity index (χ3v) is 3.57. The van der Waals surface area contributed by atoms with Gasteiger partial charge in [-0.25, -0.2) is 4.98 Å². The number of likely N-dealkylation sites (tertiary alicyclic amines) is 1. The maximum atomic E-state index is 9.25. The van der Waals surface area contributed by atoms with Crippen molar-refractivity contribution >= 4 is 5.82 Å². The Morgan fingerprint density at radius 1 is 1.42 bits per heavy atom. The van der Waals surface area contributed by atoms with Crippen molar-refractivity contribution < 1.29 is 0 Å². The Balaban J connectivity index is 2.07. The van der Waals surface area contributed by atoms with Crippen molar-refractivity contribution in [3.8, 4) is 6.07 Å².